The average molecular weight is 486 g/mol. The number of rotatable bonds is 2. The van der Waals surface area contributed by atoms with Crippen LogP contribution in [0.5, 0.6) is 0 Å². The maximum atomic E-state index is 9.16. The van der Waals surface area contributed by atoms with Crippen molar-refractivity contribution in [2.45, 2.75) is 0 Å². The van der Waals surface area contributed by atoms with Crippen molar-refractivity contribution >= 4 is 54.3 Å². The summed E-state index contributed by atoms with van der Waals surface area (Å²) in [7, 11) is 0. The molecule has 0 aliphatic carbocycles. The van der Waals surface area contributed by atoms with E-state index in [1.807, 2.05) is 0 Å². The van der Waals surface area contributed by atoms with Crippen molar-refractivity contribution in [3.8, 4) is 22.3 Å². The van der Waals surface area contributed by atoms with Gasteiger partial charge in [0.1, 0.15) is 11.2 Å². The molecule has 0 fully saturated rings. The van der Waals surface area contributed by atoms with Gasteiger partial charge in [-0.05, 0) is 78.8 Å². The van der Waals surface area contributed by atoms with Gasteiger partial charge in [-0.3, -0.25) is 0 Å². The number of para-hydroxylation sites is 1. The molecular weight excluding hydrogens is 448 g/mol. The minimum atomic E-state index is -0.747. The van der Waals surface area contributed by atoms with Crippen LogP contribution in [0.1, 0.15) is 20.6 Å². The van der Waals surface area contributed by atoms with Gasteiger partial charge < -0.3 is 4.42 Å². The highest BCUT2D eigenvalue weighted by atomic mass is 16.3. The maximum absolute atomic E-state index is 9.16. The van der Waals surface area contributed by atoms with Crippen LogP contribution in [0.15, 0.2) is 138 Å². The Bertz CT molecular complexity index is 2860. The van der Waals surface area contributed by atoms with Gasteiger partial charge >= 0.3 is 0 Å². The van der Waals surface area contributed by atoms with E-state index in [0.717, 1.165) is 0 Å². The summed E-state index contributed by atoms with van der Waals surface area (Å²) in [5, 5.41) is 0.568. The Balaban J connectivity index is 1.66. The summed E-state index contributed by atoms with van der Waals surface area (Å²) in [5.74, 6) is 0. The summed E-state index contributed by atoms with van der Waals surface area (Å²) in [5.41, 5.74) is -0.135. The Morgan fingerprint density at radius 3 is 1.78 bits per heavy atom. The predicted octanol–water partition coefficient (Wildman–Crippen LogP) is 10.4. The summed E-state index contributed by atoms with van der Waals surface area (Å²) in [6, 6.07) is 2.69. The van der Waals surface area contributed by atoms with Crippen LogP contribution in [0.3, 0.4) is 0 Å². The lowest BCUT2D eigenvalue weighted by Crippen LogP contribution is -1.90. The Kier molecular flexibility index (Phi) is 2.24. The van der Waals surface area contributed by atoms with E-state index in [-0.39, 0.29) is 61.3 Å². The first-order valence-electron chi connectivity index (χ1n) is 19.0. The molecule has 0 bridgehead atoms. The van der Waals surface area contributed by atoms with Crippen molar-refractivity contribution in [1.29, 1.82) is 0 Å². The minimum absolute atomic E-state index is 0.0577. The van der Waals surface area contributed by atoms with E-state index < -0.39 is 84.1 Å². The first-order chi connectivity index (χ1) is 24.6. The molecule has 1 heteroatoms. The molecule has 0 saturated heterocycles. The molecular formula is C36H22O. The van der Waals surface area contributed by atoms with Gasteiger partial charge in [0.2, 0.25) is 0 Å². The molecule has 0 atom stereocenters. The van der Waals surface area contributed by atoms with Crippen LogP contribution >= 0.6 is 0 Å². The smallest absolute Gasteiger partial charge is 0.136 e. The third-order valence-corrected chi connectivity index (χ3v) is 6.54. The van der Waals surface area contributed by atoms with Gasteiger partial charge in [0.25, 0.3) is 0 Å². The van der Waals surface area contributed by atoms with Crippen molar-refractivity contribution in [1.82, 2.24) is 0 Å². The molecule has 1 heterocycles. The van der Waals surface area contributed by atoms with Crippen LogP contribution < -0.4 is 0 Å². The molecule has 37 heavy (non-hydrogen) atoms. The molecule has 0 radical (unpaired) electrons. The number of furan rings is 1. The summed E-state index contributed by atoms with van der Waals surface area (Å²) in [4.78, 5) is 0. The second-order valence-electron chi connectivity index (χ2n) is 8.56. The number of fused-ring (bicyclic) bond motifs is 6. The molecule has 8 aromatic rings. The molecule has 8 rings (SSSR count). The van der Waals surface area contributed by atoms with Crippen LogP contribution in [0, 0.1) is 0 Å². The van der Waals surface area contributed by atoms with Crippen LogP contribution in [-0.2, 0) is 0 Å². The Morgan fingerprint density at radius 2 is 1.08 bits per heavy atom. The van der Waals surface area contributed by atoms with Crippen LogP contribution in [0.25, 0.3) is 76.5 Å². The Morgan fingerprint density at radius 1 is 0.459 bits per heavy atom. The SMILES string of the molecule is [2H]c1c([2H])c([2H])c(-c2c3c([2H])c([2H])c([2H])c([2H])c3c(-c3ccc4c([2H])c5c(oc6ccccc65)c([2H])c4c3)c3c([2H])c([2H])c([2H])c([2H])c23)c([2H])c1[2H]. The van der Waals surface area contributed by atoms with Crippen molar-refractivity contribution in [3.05, 3.63) is 133 Å². The second kappa shape index (κ2) is 7.81. The third kappa shape index (κ3) is 3.04. The van der Waals surface area contributed by atoms with E-state index in [2.05, 4.69) is 0 Å². The van der Waals surface area contributed by atoms with Crippen molar-refractivity contribution < 1.29 is 25.0 Å². The molecule has 7 aromatic carbocycles. The summed E-state index contributed by atoms with van der Waals surface area (Å²) >= 11 is 0. The van der Waals surface area contributed by atoms with E-state index in [1.165, 1.54) is 12.1 Å². The van der Waals surface area contributed by atoms with E-state index in [9.17, 15) is 0 Å². The average Bonchev–Trinajstić information content (AvgIpc) is 3.54. The molecule has 0 aliphatic heterocycles. The lowest BCUT2D eigenvalue weighted by Gasteiger charge is -2.18. The van der Waals surface area contributed by atoms with Gasteiger partial charge in [0.05, 0.1) is 20.6 Å². The minimum Gasteiger partial charge on any atom is -0.456 e. The molecule has 1 nitrogen and oxygen atoms in total. The van der Waals surface area contributed by atoms with Gasteiger partial charge in [0.15, 0.2) is 0 Å². The maximum Gasteiger partial charge on any atom is 0.136 e. The highest BCUT2D eigenvalue weighted by Gasteiger charge is 2.17. The number of hydrogen-bond acceptors (Lipinski definition) is 1. The lowest BCUT2D eigenvalue weighted by molar-refractivity contribution is 0.669. The van der Waals surface area contributed by atoms with Gasteiger partial charge in [0, 0.05) is 10.8 Å². The highest BCUT2D eigenvalue weighted by Crippen LogP contribution is 2.44. The fourth-order valence-corrected chi connectivity index (χ4v) is 4.97. The normalized spacial score (nSPS) is 17.5. The van der Waals surface area contributed by atoms with E-state index in [0.29, 0.717) is 21.7 Å². The topological polar surface area (TPSA) is 13.1 Å². The monoisotopic (exact) mass is 485 g/mol. The molecule has 172 valence electrons. The zero-order valence-corrected chi connectivity index (χ0v) is 18.9. The van der Waals surface area contributed by atoms with Gasteiger partial charge in [-0.2, -0.15) is 0 Å². The van der Waals surface area contributed by atoms with Gasteiger partial charge in [-0.15, -0.1) is 0 Å². The summed E-state index contributed by atoms with van der Waals surface area (Å²) in [6.07, 6.45) is 0. The zero-order valence-electron chi connectivity index (χ0n) is 33.9. The number of hydrogen-bond donors (Lipinski definition) is 0. The van der Waals surface area contributed by atoms with Crippen LogP contribution in [-0.4, -0.2) is 0 Å². The van der Waals surface area contributed by atoms with E-state index >= 15 is 0 Å². The largest absolute Gasteiger partial charge is 0.456 e. The quantitative estimate of drug-likeness (QED) is 0.222. The lowest BCUT2D eigenvalue weighted by atomic mass is 9.85. The van der Waals surface area contributed by atoms with Crippen LogP contribution in [0.4, 0.5) is 0 Å². The Labute approximate surface area is 235 Å². The third-order valence-electron chi connectivity index (χ3n) is 6.54. The van der Waals surface area contributed by atoms with Crippen molar-refractivity contribution in [3.63, 3.8) is 0 Å². The van der Waals surface area contributed by atoms with Crippen molar-refractivity contribution in [2.75, 3.05) is 0 Å². The van der Waals surface area contributed by atoms with Gasteiger partial charge in [-0.1, -0.05) is 109 Å². The molecule has 1 aromatic heterocycles. The van der Waals surface area contributed by atoms with E-state index in [4.69, 9.17) is 25.0 Å². The van der Waals surface area contributed by atoms with Gasteiger partial charge in [-0.25, -0.2) is 0 Å². The van der Waals surface area contributed by atoms with E-state index in [1.54, 1.807) is 30.3 Å². The standard InChI is InChI=1S/C36H22O/c1-2-10-23(11-3-1)35-28-13-4-6-15-30(28)36(31-16-7-5-14-29(31)35)25-19-18-24-21-32-27-12-8-9-17-33(27)37-34(32)22-26(24)20-25/h1-22H/i1D,2D,3D,4D,5D,6D,7D,10D,11D,13D,14D,15D,16D,21D,22D. The fourth-order valence-electron chi connectivity index (χ4n) is 4.97. The summed E-state index contributed by atoms with van der Waals surface area (Å²) in [6.45, 7) is 0. The number of benzene rings is 7. The Hall–Kier alpha value is -4.88. The predicted molar refractivity (Wildman–Crippen MR) is 157 cm³/mol. The first-order valence-corrected chi connectivity index (χ1v) is 11.5. The molecule has 0 amide bonds. The van der Waals surface area contributed by atoms with Crippen molar-refractivity contribution in [2.24, 2.45) is 0 Å². The summed E-state index contributed by atoms with van der Waals surface area (Å²) < 4.78 is 138. The second-order valence-corrected chi connectivity index (χ2v) is 8.56. The first kappa shape index (κ1) is 10.6. The molecule has 0 aliphatic rings. The van der Waals surface area contributed by atoms with Crippen LogP contribution in [0.2, 0.25) is 0 Å². The highest BCUT2D eigenvalue weighted by molar-refractivity contribution is 6.22. The molecule has 0 N–H and O–H groups in total. The molecule has 0 saturated carbocycles. The molecule has 0 unspecified atom stereocenters. The molecule has 0 spiro atoms. The zero-order chi connectivity index (χ0) is 37.4. The fraction of sp³-hybridized carbons (Fsp3) is 0.